The molecule has 0 bridgehead atoms. The van der Waals surface area contributed by atoms with Crippen LogP contribution in [0, 0.1) is 0 Å². The number of thiol groups is 1. The topological polar surface area (TPSA) is 0 Å². The first-order chi connectivity index (χ1) is 6.55. The van der Waals surface area contributed by atoms with Gasteiger partial charge in [-0.15, -0.1) is 0 Å². The lowest BCUT2D eigenvalue weighted by atomic mass is 10.0. The highest BCUT2D eigenvalue weighted by atomic mass is 32.1. The zero-order chi connectivity index (χ0) is 10.6. The summed E-state index contributed by atoms with van der Waals surface area (Å²) in [5, 5.41) is 0. The summed E-state index contributed by atoms with van der Waals surface area (Å²) in [5.74, 6) is 0.603. The number of halogens is 3. The van der Waals surface area contributed by atoms with Crippen molar-refractivity contribution in [3.63, 3.8) is 0 Å². The average molecular weight is 220 g/mol. The first kappa shape index (κ1) is 11.4. The van der Waals surface area contributed by atoms with E-state index in [-0.39, 0.29) is 0 Å². The molecule has 0 N–H and O–H groups in total. The van der Waals surface area contributed by atoms with Crippen molar-refractivity contribution < 1.29 is 13.2 Å². The number of hydrogen-bond donors (Lipinski definition) is 1. The van der Waals surface area contributed by atoms with Crippen LogP contribution in [-0.4, -0.2) is 5.75 Å². The summed E-state index contributed by atoms with van der Waals surface area (Å²) in [5.41, 5.74) is -0.171. The number of alkyl halides is 3. The fourth-order valence-corrected chi connectivity index (χ4v) is 1.44. The summed E-state index contributed by atoms with van der Waals surface area (Å²) in [4.78, 5) is 0. The van der Waals surface area contributed by atoms with E-state index in [9.17, 15) is 13.2 Å². The molecular formula is C10H11F3S. The molecule has 0 radical (unpaired) electrons. The number of hydrogen-bond acceptors (Lipinski definition) is 1. The molecule has 0 unspecified atom stereocenters. The van der Waals surface area contributed by atoms with Crippen molar-refractivity contribution in [2.75, 3.05) is 5.75 Å². The van der Waals surface area contributed by atoms with Gasteiger partial charge in [0.2, 0.25) is 0 Å². The Labute approximate surface area is 86.5 Å². The Morgan fingerprint density at radius 3 is 2.36 bits per heavy atom. The Bertz CT molecular complexity index is 294. The van der Waals surface area contributed by atoms with E-state index in [0.717, 1.165) is 6.07 Å². The van der Waals surface area contributed by atoms with Gasteiger partial charge in [-0.2, -0.15) is 25.8 Å². The van der Waals surface area contributed by atoms with Crippen LogP contribution in [0.5, 0.6) is 0 Å². The van der Waals surface area contributed by atoms with Gasteiger partial charge < -0.3 is 0 Å². The minimum absolute atomic E-state index is 0.356. The van der Waals surface area contributed by atoms with Crippen molar-refractivity contribution in [2.24, 2.45) is 0 Å². The van der Waals surface area contributed by atoms with Gasteiger partial charge in [-0.25, -0.2) is 0 Å². The second-order valence-electron chi connectivity index (χ2n) is 2.98. The molecule has 0 aliphatic rings. The molecule has 0 amide bonds. The van der Waals surface area contributed by atoms with Crippen LogP contribution in [0.15, 0.2) is 24.3 Å². The van der Waals surface area contributed by atoms with E-state index in [2.05, 4.69) is 12.6 Å². The maximum atomic E-state index is 12.5. The van der Waals surface area contributed by atoms with Gasteiger partial charge >= 0.3 is 6.18 Å². The molecule has 1 aromatic carbocycles. The summed E-state index contributed by atoms with van der Waals surface area (Å²) >= 11 is 3.98. The fourth-order valence-electron chi connectivity index (χ4n) is 1.28. The summed E-state index contributed by atoms with van der Waals surface area (Å²) in [7, 11) is 0. The SMILES string of the molecule is FC(F)(F)c1ccccc1CCCS. The van der Waals surface area contributed by atoms with Crippen molar-refractivity contribution in [3.8, 4) is 0 Å². The van der Waals surface area contributed by atoms with Gasteiger partial charge in [0.15, 0.2) is 0 Å². The van der Waals surface area contributed by atoms with E-state index in [0.29, 0.717) is 24.2 Å². The first-order valence-corrected chi connectivity index (χ1v) is 4.95. The summed E-state index contributed by atoms with van der Waals surface area (Å²) in [6.45, 7) is 0. The van der Waals surface area contributed by atoms with Crippen molar-refractivity contribution >= 4 is 12.6 Å². The van der Waals surface area contributed by atoms with Gasteiger partial charge in [0.1, 0.15) is 0 Å². The Morgan fingerprint density at radius 1 is 1.14 bits per heavy atom. The quantitative estimate of drug-likeness (QED) is 0.740. The third kappa shape index (κ3) is 2.94. The normalized spacial score (nSPS) is 11.7. The number of benzene rings is 1. The predicted octanol–water partition coefficient (Wildman–Crippen LogP) is 3.57. The first-order valence-electron chi connectivity index (χ1n) is 4.31. The van der Waals surface area contributed by atoms with Gasteiger partial charge in [0.25, 0.3) is 0 Å². The average Bonchev–Trinajstić information content (AvgIpc) is 2.14. The van der Waals surface area contributed by atoms with Crippen LogP contribution < -0.4 is 0 Å². The van der Waals surface area contributed by atoms with Crippen molar-refractivity contribution in [1.29, 1.82) is 0 Å². The van der Waals surface area contributed by atoms with Crippen LogP contribution in [0.1, 0.15) is 17.5 Å². The van der Waals surface area contributed by atoms with E-state index >= 15 is 0 Å². The Hall–Kier alpha value is -0.640. The van der Waals surface area contributed by atoms with E-state index < -0.39 is 11.7 Å². The molecule has 0 fully saturated rings. The lowest BCUT2D eigenvalue weighted by Crippen LogP contribution is -2.09. The minimum Gasteiger partial charge on any atom is -0.179 e. The van der Waals surface area contributed by atoms with Crippen LogP contribution in [-0.2, 0) is 12.6 Å². The zero-order valence-electron chi connectivity index (χ0n) is 7.51. The molecule has 0 aromatic heterocycles. The molecule has 0 aliphatic carbocycles. The molecule has 78 valence electrons. The van der Waals surface area contributed by atoms with E-state index in [1.807, 2.05) is 0 Å². The second-order valence-corrected chi connectivity index (χ2v) is 3.43. The smallest absolute Gasteiger partial charge is 0.179 e. The Kier molecular flexibility index (Phi) is 3.86. The van der Waals surface area contributed by atoms with Gasteiger partial charge in [-0.05, 0) is 30.2 Å². The second kappa shape index (κ2) is 4.73. The predicted molar refractivity (Wildman–Crippen MR) is 53.6 cm³/mol. The van der Waals surface area contributed by atoms with E-state index in [1.54, 1.807) is 6.07 Å². The van der Waals surface area contributed by atoms with Crippen molar-refractivity contribution in [3.05, 3.63) is 35.4 Å². The third-order valence-corrected chi connectivity index (χ3v) is 2.24. The molecule has 0 aliphatic heterocycles. The molecule has 0 heterocycles. The van der Waals surface area contributed by atoms with Crippen molar-refractivity contribution in [1.82, 2.24) is 0 Å². The molecule has 1 rings (SSSR count). The van der Waals surface area contributed by atoms with Crippen LogP contribution in [0.4, 0.5) is 13.2 Å². The molecule has 0 spiro atoms. The lowest BCUT2D eigenvalue weighted by Gasteiger charge is -2.11. The van der Waals surface area contributed by atoms with Crippen molar-refractivity contribution in [2.45, 2.75) is 19.0 Å². The maximum Gasteiger partial charge on any atom is 0.416 e. The summed E-state index contributed by atoms with van der Waals surface area (Å²) in [6, 6.07) is 5.68. The van der Waals surface area contributed by atoms with Gasteiger partial charge in [-0.1, -0.05) is 18.2 Å². The highest BCUT2D eigenvalue weighted by Gasteiger charge is 2.32. The molecule has 0 atom stereocenters. The maximum absolute atomic E-state index is 12.5. The molecule has 1 aromatic rings. The zero-order valence-corrected chi connectivity index (χ0v) is 8.41. The lowest BCUT2D eigenvalue weighted by molar-refractivity contribution is -0.138. The summed E-state index contributed by atoms with van der Waals surface area (Å²) < 4.78 is 37.4. The van der Waals surface area contributed by atoms with Gasteiger partial charge in [0, 0.05) is 0 Å². The fraction of sp³-hybridized carbons (Fsp3) is 0.400. The van der Waals surface area contributed by atoms with Crippen LogP contribution in [0.3, 0.4) is 0 Å². The largest absolute Gasteiger partial charge is 0.416 e. The van der Waals surface area contributed by atoms with Crippen LogP contribution in [0.25, 0.3) is 0 Å². The van der Waals surface area contributed by atoms with Crippen LogP contribution >= 0.6 is 12.6 Å². The molecular weight excluding hydrogens is 209 g/mol. The molecule has 0 saturated carbocycles. The minimum atomic E-state index is -4.24. The molecule has 4 heteroatoms. The molecule has 0 saturated heterocycles. The monoisotopic (exact) mass is 220 g/mol. The number of aryl methyl sites for hydroxylation is 1. The Morgan fingerprint density at radius 2 is 1.79 bits per heavy atom. The standard InChI is InChI=1S/C10H11F3S/c11-10(12,13)9-6-2-1-4-8(9)5-3-7-14/h1-2,4,6,14H,3,5,7H2. The number of rotatable bonds is 3. The van der Waals surface area contributed by atoms with Gasteiger partial charge in [0.05, 0.1) is 5.56 Å². The van der Waals surface area contributed by atoms with Crippen LogP contribution in [0.2, 0.25) is 0 Å². The summed E-state index contributed by atoms with van der Waals surface area (Å²) in [6.07, 6.45) is -3.15. The molecule has 14 heavy (non-hydrogen) atoms. The highest BCUT2D eigenvalue weighted by molar-refractivity contribution is 7.80. The Balaban J connectivity index is 2.92. The van der Waals surface area contributed by atoms with E-state index in [4.69, 9.17) is 0 Å². The van der Waals surface area contributed by atoms with E-state index in [1.165, 1.54) is 12.1 Å². The third-order valence-electron chi connectivity index (χ3n) is 1.93. The molecule has 0 nitrogen and oxygen atoms in total. The van der Waals surface area contributed by atoms with Gasteiger partial charge in [-0.3, -0.25) is 0 Å². The highest BCUT2D eigenvalue weighted by Crippen LogP contribution is 2.32.